The molecule has 8 nitrogen and oxygen atoms in total. The van der Waals surface area contributed by atoms with Gasteiger partial charge in [-0.25, -0.2) is 0 Å². The van der Waals surface area contributed by atoms with Gasteiger partial charge in [0.15, 0.2) is 0 Å². The number of nitro groups is 1. The number of aromatic nitrogens is 2. The van der Waals surface area contributed by atoms with Gasteiger partial charge in [-0.2, -0.15) is 0 Å². The number of carbonyl (C=O) groups is 1. The number of nitrogens with one attached hydrogen (secondary N) is 1. The minimum atomic E-state index is -0.528. The Morgan fingerprint density at radius 2 is 2.04 bits per heavy atom. The maximum absolute atomic E-state index is 12.3. The molecule has 3 rings (SSSR count). The molecule has 0 spiro atoms. The van der Waals surface area contributed by atoms with Crippen molar-refractivity contribution in [1.29, 1.82) is 0 Å². The van der Waals surface area contributed by atoms with Crippen molar-refractivity contribution in [2.24, 2.45) is 0 Å². The van der Waals surface area contributed by atoms with E-state index >= 15 is 0 Å². The van der Waals surface area contributed by atoms with Gasteiger partial charge in [0.2, 0.25) is 11.8 Å². The normalized spacial score (nSPS) is 11.8. The summed E-state index contributed by atoms with van der Waals surface area (Å²) in [6.07, 6.45) is 0. The molecule has 1 amide bonds. The number of halogens is 1. The largest absolute Gasteiger partial charge is 0.411 e. The minimum Gasteiger partial charge on any atom is -0.411 e. The van der Waals surface area contributed by atoms with Crippen molar-refractivity contribution in [3.8, 4) is 11.5 Å². The third-order valence-corrected chi connectivity index (χ3v) is 4.75. The van der Waals surface area contributed by atoms with Crippen molar-refractivity contribution in [3.63, 3.8) is 0 Å². The Kier molecular flexibility index (Phi) is 5.72. The summed E-state index contributed by atoms with van der Waals surface area (Å²) in [5.41, 5.74) is 0.864. The Hall–Kier alpha value is -2.91. The summed E-state index contributed by atoms with van der Waals surface area (Å²) in [5, 5.41) is 21.5. The fraction of sp³-hybridized carbons (Fsp3) is 0.118. The van der Waals surface area contributed by atoms with Crippen molar-refractivity contribution in [2.75, 3.05) is 5.32 Å². The van der Waals surface area contributed by atoms with Crippen molar-refractivity contribution in [2.45, 2.75) is 17.4 Å². The number of thioether (sulfide) groups is 1. The molecule has 0 saturated carbocycles. The number of nitro benzene ring substituents is 1. The Morgan fingerprint density at radius 1 is 1.26 bits per heavy atom. The Morgan fingerprint density at radius 3 is 2.78 bits per heavy atom. The number of para-hydroxylation sites is 1. The lowest BCUT2D eigenvalue weighted by Crippen LogP contribution is -2.22. The summed E-state index contributed by atoms with van der Waals surface area (Å²) in [6, 6.07) is 12.8. The number of anilines is 1. The van der Waals surface area contributed by atoms with Crippen LogP contribution in [0.1, 0.15) is 6.92 Å². The lowest BCUT2D eigenvalue weighted by Gasteiger charge is -2.10. The minimum absolute atomic E-state index is 0.0765. The van der Waals surface area contributed by atoms with Crippen LogP contribution in [-0.2, 0) is 4.79 Å². The average molecular weight is 405 g/mol. The number of rotatable bonds is 6. The van der Waals surface area contributed by atoms with Crippen LogP contribution in [0.15, 0.2) is 58.2 Å². The summed E-state index contributed by atoms with van der Waals surface area (Å²) in [4.78, 5) is 22.7. The molecular weight excluding hydrogens is 392 g/mol. The van der Waals surface area contributed by atoms with Crippen LogP contribution in [0.25, 0.3) is 11.5 Å². The predicted molar refractivity (Wildman–Crippen MR) is 102 cm³/mol. The molecule has 0 radical (unpaired) electrons. The van der Waals surface area contributed by atoms with E-state index in [1.165, 1.54) is 18.2 Å². The molecule has 3 aromatic rings. The fourth-order valence-corrected chi connectivity index (χ4v) is 2.99. The molecule has 27 heavy (non-hydrogen) atoms. The lowest BCUT2D eigenvalue weighted by molar-refractivity contribution is -0.384. The highest BCUT2D eigenvalue weighted by Crippen LogP contribution is 2.29. The van der Waals surface area contributed by atoms with E-state index in [2.05, 4.69) is 15.5 Å². The van der Waals surface area contributed by atoms with Crippen LogP contribution in [0, 0.1) is 10.1 Å². The molecule has 1 N–H and O–H groups in total. The van der Waals surface area contributed by atoms with Crippen molar-refractivity contribution < 1.29 is 14.1 Å². The predicted octanol–water partition coefficient (Wildman–Crippen LogP) is 4.42. The van der Waals surface area contributed by atoms with Crippen LogP contribution in [-0.4, -0.2) is 26.3 Å². The number of benzene rings is 2. The van der Waals surface area contributed by atoms with E-state index in [0.717, 1.165) is 11.8 Å². The van der Waals surface area contributed by atoms with Crippen LogP contribution >= 0.6 is 23.4 Å². The van der Waals surface area contributed by atoms with Gasteiger partial charge in [-0.15, -0.1) is 10.2 Å². The first-order chi connectivity index (χ1) is 12.9. The SMILES string of the molecule is C[C@H](Sc1nnc(-c2cccc([N+](=O)[O-])c2)o1)C(=O)Nc1ccccc1Cl. The van der Waals surface area contributed by atoms with Crippen molar-refractivity contribution >= 4 is 40.6 Å². The van der Waals surface area contributed by atoms with E-state index in [0.29, 0.717) is 16.3 Å². The van der Waals surface area contributed by atoms with Crippen molar-refractivity contribution in [1.82, 2.24) is 10.2 Å². The zero-order valence-corrected chi connectivity index (χ0v) is 15.5. The van der Waals surface area contributed by atoms with Gasteiger partial charge in [-0.05, 0) is 25.1 Å². The number of carbonyl (C=O) groups excluding carboxylic acids is 1. The maximum Gasteiger partial charge on any atom is 0.277 e. The second-order valence-corrected chi connectivity index (χ2v) is 7.11. The smallest absolute Gasteiger partial charge is 0.277 e. The molecule has 0 unspecified atom stereocenters. The van der Waals surface area contributed by atoms with E-state index in [-0.39, 0.29) is 22.7 Å². The number of amides is 1. The van der Waals surface area contributed by atoms with E-state index < -0.39 is 10.2 Å². The van der Waals surface area contributed by atoms with E-state index in [1.807, 2.05) is 0 Å². The molecule has 1 heterocycles. The molecular formula is C17H13ClN4O4S. The fourth-order valence-electron chi connectivity index (χ4n) is 2.13. The first-order valence-electron chi connectivity index (χ1n) is 7.74. The standard InChI is InChI=1S/C17H13ClN4O4S/c1-10(15(23)19-14-8-3-2-7-13(14)18)27-17-21-20-16(26-17)11-5-4-6-12(9-11)22(24)25/h2-10H,1H3,(H,19,23)/t10-/m0/s1. The van der Waals surface area contributed by atoms with Gasteiger partial charge in [0.1, 0.15) is 0 Å². The zero-order chi connectivity index (χ0) is 19.4. The van der Waals surface area contributed by atoms with Gasteiger partial charge in [-0.3, -0.25) is 14.9 Å². The summed E-state index contributed by atoms with van der Waals surface area (Å²) >= 11 is 7.10. The van der Waals surface area contributed by atoms with Crippen molar-refractivity contribution in [3.05, 3.63) is 63.7 Å². The number of non-ortho nitro benzene ring substituents is 1. The average Bonchev–Trinajstić information content (AvgIpc) is 3.12. The van der Waals surface area contributed by atoms with Crippen LogP contribution in [0.4, 0.5) is 11.4 Å². The molecule has 2 aromatic carbocycles. The lowest BCUT2D eigenvalue weighted by atomic mass is 10.2. The number of nitrogens with zero attached hydrogens (tertiary/aromatic N) is 3. The molecule has 1 atom stereocenters. The zero-order valence-electron chi connectivity index (χ0n) is 14.0. The summed E-state index contributed by atoms with van der Waals surface area (Å²) in [6.45, 7) is 1.69. The first kappa shape index (κ1) is 18.9. The molecule has 0 bridgehead atoms. The van der Waals surface area contributed by atoms with Crippen LogP contribution < -0.4 is 5.32 Å². The second kappa shape index (κ2) is 8.19. The third-order valence-electron chi connectivity index (χ3n) is 3.49. The Balaban J connectivity index is 1.68. The summed E-state index contributed by atoms with van der Waals surface area (Å²) in [7, 11) is 0. The molecule has 10 heteroatoms. The number of hydrogen-bond acceptors (Lipinski definition) is 7. The van der Waals surface area contributed by atoms with Gasteiger partial charge >= 0.3 is 0 Å². The highest BCUT2D eigenvalue weighted by atomic mass is 35.5. The van der Waals surface area contributed by atoms with Crippen LogP contribution in [0.2, 0.25) is 5.02 Å². The maximum atomic E-state index is 12.3. The van der Waals surface area contributed by atoms with Crippen LogP contribution in [0.3, 0.4) is 0 Å². The van der Waals surface area contributed by atoms with E-state index in [1.54, 1.807) is 37.3 Å². The molecule has 1 aromatic heterocycles. The monoisotopic (exact) mass is 404 g/mol. The summed E-state index contributed by atoms with van der Waals surface area (Å²) < 4.78 is 5.51. The van der Waals surface area contributed by atoms with Gasteiger partial charge in [0, 0.05) is 17.7 Å². The topological polar surface area (TPSA) is 111 Å². The molecule has 0 aliphatic carbocycles. The first-order valence-corrected chi connectivity index (χ1v) is 9.00. The summed E-state index contributed by atoms with van der Waals surface area (Å²) in [5.74, 6) is -0.136. The van der Waals surface area contributed by atoms with Gasteiger partial charge in [0.25, 0.3) is 10.9 Å². The Labute approximate surface area is 163 Å². The van der Waals surface area contributed by atoms with Gasteiger partial charge in [-0.1, -0.05) is 41.6 Å². The molecule has 0 aliphatic heterocycles. The molecule has 138 valence electrons. The van der Waals surface area contributed by atoms with Gasteiger partial charge < -0.3 is 9.73 Å². The molecule has 0 fully saturated rings. The highest BCUT2D eigenvalue weighted by Gasteiger charge is 2.20. The Bertz CT molecular complexity index is 994. The number of hydrogen-bond donors (Lipinski definition) is 1. The van der Waals surface area contributed by atoms with E-state index in [4.69, 9.17) is 16.0 Å². The van der Waals surface area contributed by atoms with Gasteiger partial charge in [0.05, 0.1) is 20.9 Å². The van der Waals surface area contributed by atoms with E-state index in [9.17, 15) is 14.9 Å². The van der Waals surface area contributed by atoms with Crippen LogP contribution in [0.5, 0.6) is 0 Å². The molecule has 0 aliphatic rings. The quantitative estimate of drug-likeness (QED) is 0.367. The molecule has 0 saturated heterocycles. The highest BCUT2D eigenvalue weighted by molar-refractivity contribution is 8.00. The third kappa shape index (κ3) is 4.63. The second-order valence-electron chi connectivity index (χ2n) is 5.41.